The second kappa shape index (κ2) is 5.25. The number of halogens is 1. The van der Waals surface area contributed by atoms with Gasteiger partial charge in [0.1, 0.15) is 0 Å². The molecule has 2 fully saturated rings. The average Bonchev–Trinajstić information content (AvgIpc) is 2.86. The highest BCUT2D eigenvalue weighted by Gasteiger charge is 2.32. The summed E-state index contributed by atoms with van der Waals surface area (Å²) in [4.78, 5) is 18.0. The van der Waals surface area contributed by atoms with Gasteiger partial charge in [-0.3, -0.25) is 4.79 Å². The highest BCUT2D eigenvalue weighted by molar-refractivity contribution is 5.94. The van der Waals surface area contributed by atoms with Crippen LogP contribution in [-0.2, 0) is 0 Å². The summed E-state index contributed by atoms with van der Waals surface area (Å²) in [6.07, 6.45) is 5.82. The van der Waals surface area contributed by atoms with Crippen molar-refractivity contribution >= 4 is 5.91 Å². The Hall–Kier alpha value is -1.49. The van der Waals surface area contributed by atoms with Gasteiger partial charge in [-0.1, -0.05) is 0 Å². The van der Waals surface area contributed by atoms with Gasteiger partial charge in [0.25, 0.3) is 5.91 Å². The number of carbonyl (C=O) groups excluding carboxylic acids is 1. The minimum absolute atomic E-state index is 0.197. The van der Waals surface area contributed by atoms with Crippen molar-refractivity contribution in [3.8, 4) is 0 Å². The van der Waals surface area contributed by atoms with E-state index in [1.54, 1.807) is 6.07 Å². The fraction of sp³-hybridized carbons (Fsp3) is 0.571. The maximum absolute atomic E-state index is 13.0. The number of rotatable bonds is 2. The molecular weight excluding hydrogens is 245 g/mol. The zero-order valence-corrected chi connectivity index (χ0v) is 10.8. The number of pyridine rings is 1. The molecule has 19 heavy (non-hydrogen) atoms. The summed E-state index contributed by atoms with van der Waals surface area (Å²) in [5, 5.41) is 3.01. The van der Waals surface area contributed by atoms with Gasteiger partial charge in [0.05, 0.1) is 0 Å². The molecule has 2 atom stereocenters. The Balaban J connectivity index is 1.61. The molecule has 1 N–H and O–H groups in total. The van der Waals surface area contributed by atoms with Gasteiger partial charge in [-0.25, -0.2) is 4.98 Å². The minimum Gasteiger partial charge on any atom is -0.349 e. The molecular formula is C14H18FN3O. The van der Waals surface area contributed by atoms with E-state index in [0.29, 0.717) is 11.6 Å². The summed E-state index contributed by atoms with van der Waals surface area (Å²) >= 11 is 0. The molecule has 1 aromatic heterocycles. The van der Waals surface area contributed by atoms with Crippen LogP contribution in [0.3, 0.4) is 0 Å². The van der Waals surface area contributed by atoms with Crippen LogP contribution in [0, 0.1) is 5.95 Å². The van der Waals surface area contributed by atoms with Crippen molar-refractivity contribution in [2.75, 3.05) is 13.1 Å². The molecule has 2 aliphatic heterocycles. The predicted octanol–water partition coefficient (Wildman–Crippen LogP) is 1.58. The number of nitrogens with one attached hydrogen (secondary N) is 1. The Morgan fingerprint density at radius 3 is 3.16 bits per heavy atom. The quantitative estimate of drug-likeness (QED) is 0.824. The summed E-state index contributed by atoms with van der Waals surface area (Å²) < 4.78 is 13.0. The van der Waals surface area contributed by atoms with Gasteiger partial charge in [-0.2, -0.15) is 4.39 Å². The number of amides is 1. The second-order valence-corrected chi connectivity index (χ2v) is 5.39. The molecule has 0 radical (unpaired) electrons. The zero-order valence-electron chi connectivity index (χ0n) is 10.8. The first kappa shape index (κ1) is 12.5. The largest absolute Gasteiger partial charge is 0.349 e. The first-order valence-corrected chi connectivity index (χ1v) is 6.89. The van der Waals surface area contributed by atoms with E-state index in [1.165, 1.54) is 31.6 Å². The Labute approximate surface area is 112 Å². The van der Waals surface area contributed by atoms with Crippen molar-refractivity contribution in [3.63, 3.8) is 0 Å². The van der Waals surface area contributed by atoms with Crippen LogP contribution in [0.2, 0.25) is 0 Å². The van der Waals surface area contributed by atoms with Crippen LogP contribution in [-0.4, -0.2) is 41.0 Å². The smallest absolute Gasteiger partial charge is 0.251 e. The number of nitrogens with zero attached hydrogens (tertiary/aromatic N) is 2. The van der Waals surface area contributed by atoms with Gasteiger partial charge in [0.2, 0.25) is 5.95 Å². The lowest BCUT2D eigenvalue weighted by Crippen LogP contribution is -2.47. The number of piperidine rings is 1. The standard InChI is InChI=1S/C14H18FN3O/c15-13-8-10(3-5-16-13)14(19)17-11-4-7-18-6-1-2-12(18)9-11/h3,5,8,11-12H,1-2,4,6-7,9H2,(H,17,19). The van der Waals surface area contributed by atoms with Crippen LogP contribution in [0.5, 0.6) is 0 Å². The van der Waals surface area contributed by atoms with E-state index in [1.807, 2.05) is 0 Å². The number of hydrogen-bond acceptors (Lipinski definition) is 3. The molecule has 102 valence electrons. The number of carbonyl (C=O) groups is 1. The van der Waals surface area contributed by atoms with Gasteiger partial charge in [0, 0.05) is 36.5 Å². The van der Waals surface area contributed by atoms with Crippen LogP contribution >= 0.6 is 0 Å². The first-order valence-electron chi connectivity index (χ1n) is 6.89. The maximum atomic E-state index is 13.0. The van der Waals surface area contributed by atoms with Crippen molar-refractivity contribution in [2.45, 2.75) is 37.8 Å². The lowest BCUT2D eigenvalue weighted by atomic mass is 9.97. The topological polar surface area (TPSA) is 45.2 Å². The first-order chi connectivity index (χ1) is 9.22. The van der Waals surface area contributed by atoms with Crippen LogP contribution in [0.15, 0.2) is 18.3 Å². The SMILES string of the molecule is O=C(NC1CCN2CCCC2C1)c1ccnc(F)c1. The van der Waals surface area contributed by atoms with E-state index >= 15 is 0 Å². The predicted molar refractivity (Wildman–Crippen MR) is 69.3 cm³/mol. The van der Waals surface area contributed by atoms with Crippen molar-refractivity contribution in [1.82, 2.24) is 15.2 Å². The van der Waals surface area contributed by atoms with Gasteiger partial charge in [0.15, 0.2) is 0 Å². The third-order valence-electron chi connectivity index (χ3n) is 4.14. The normalized spacial score (nSPS) is 27.0. The van der Waals surface area contributed by atoms with E-state index < -0.39 is 5.95 Å². The fourth-order valence-electron chi connectivity index (χ4n) is 3.17. The third-order valence-corrected chi connectivity index (χ3v) is 4.14. The molecule has 0 aromatic carbocycles. The maximum Gasteiger partial charge on any atom is 0.251 e. The van der Waals surface area contributed by atoms with Crippen LogP contribution in [0.1, 0.15) is 36.0 Å². The molecule has 0 saturated carbocycles. The van der Waals surface area contributed by atoms with E-state index in [2.05, 4.69) is 15.2 Å². The van der Waals surface area contributed by atoms with Gasteiger partial charge in [-0.15, -0.1) is 0 Å². The molecule has 1 aromatic rings. The van der Waals surface area contributed by atoms with Crippen LogP contribution in [0.4, 0.5) is 4.39 Å². The van der Waals surface area contributed by atoms with E-state index in [4.69, 9.17) is 0 Å². The lowest BCUT2D eigenvalue weighted by molar-refractivity contribution is 0.0895. The summed E-state index contributed by atoms with van der Waals surface area (Å²) in [5.41, 5.74) is 0.348. The minimum atomic E-state index is -0.613. The monoisotopic (exact) mass is 263 g/mol. The van der Waals surface area contributed by atoms with E-state index in [-0.39, 0.29) is 11.9 Å². The van der Waals surface area contributed by atoms with Gasteiger partial charge in [-0.05, 0) is 38.3 Å². The molecule has 0 bridgehead atoms. The van der Waals surface area contributed by atoms with Crippen molar-refractivity contribution in [3.05, 3.63) is 29.8 Å². The molecule has 3 rings (SSSR count). The second-order valence-electron chi connectivity index (χ2n) is 5.39. The molecule has 2 unspecified atom stereocenters. The van der Waals surface area contributed by atoms with E-state index in [0.717, 1.165) is 19.4 Å². The number of hydrogen-bond donors (Lipinski definition) is 1. The molecule has 1 amide bonds. The lowest BCUT2D eigenvalue weighted by Gasteiger charge is -2.35. The molecule has 3 heterocycles. The van der Waals surface area contributed by atoms with Crippen molar-refractivity contribution < 1.29 is 9.18 Å². The number of fused-ring (bicyclic) bond motifs is 1. The molecule has 4 nitrogen and oxygen atoms in total. The Morgan fingerprint density at radius 1 is 1.42 bits per heavy atom. The van der Waals surface area contributed by atoms with Crippen LogP contribution in [0.25, 0.3) is 0 Å². The molecule has 2 saturated heterocycles. The molecule has 2 aliphatic rings. The highest BCUT2D eigenvalue weighted by Crippen LogP contribution is 2.26. The number of aromatic nitrogens is 1. The summed E-state index contributed by atoms with van der Waals surface area (Å²) in [6, 6.07) is 3.56. The zero-order chi connectivity index (χ0) is 13.2. The summed E-state index contributed by atoms with van der Waals surface area (Å²) in [7, 11) is 0. The van der Waals surface area contributed by atoms with Gasteiger partial charge < -0.3 is 10.2 Å². The van der Waals surface area contributed by atoms with Crippen molar-refractivity contribution in [2.24, 2.45) is 0 Å². The summed E-state index contributed by atoms with van der Waals surface area (Å²) in [6.45, 7) is 2.25. The molecule has 5 heteroatoms. The average molecular weight is 263 g/mol. The van der Waals surface area contributed by atoms with Crippen molar-refractivity contribution in [1.29, 1.82) is 0 Å². The highest BCUT2D eigenvalue weighted by atomic mass is 19.1. The van der Waals surface area contributed by atoms with E-state index in [9.17, 15) is 9.18 Å². The fourth-order valence-corrected chi connectivity index (χ4v) is 3.17. The van der Waals surface area contributed by atoms with Crippen LogP contribution < -0.4 is 5.32 Å². The Bertz CT molecular complexity index is 480. The molecule has 0 aliphatic carbocycles. The molecule has 0 spiro atoms. The third kappa shape index (κ3) is 2.76. The van der Waals surface area contributed by atoms with Gasteiger partial charge >= 0.3 is 0 Å². The Morgan fingerprint density at radius 2 is 2.32 bits per heavy atom. The Kier molecular flexibility index (Phi) is 3.46. The summed E-state index contributed by atoms with van der Waals surface area (Å²) in [5.74, 6) is -0.809.